The second kappa shape index (κ2) is 7.06. The van der Waals surface area contributed by atoms with Crippen LogP contribution in [0, 0.1) is 6.92 Å². The van der Waals surface area contributed by atoms with Crippen molar-refractivity contribution in [1.82, 2.24) is 5.32 Å². The molecule has 2 rings (SSSR count). The normalized spacial score (nSPS) is 20.2. The molecule has 2 unspecified atom stereocenters. The molecule has 3 nitrogen and oxygen atoms in total. The number of ether oxygens (including phenoxy) is 1. The summed E-state index contributed by atoms with van der Waals surface area (Å²) in [6.07, 6.45) is 4.90. The van der Waals surface area contributed by atoms with Crippen molar-refractivity contribution < 1.29 is 8.95 Å². The molecule has 1 aromatic rings. The maximum absolute atomic E-state index is 11.1. The fourth-order valence-corrected chi connectivity index (χ4v) is 3.08. The zero-order valence-corrected chi connectivity index (χ0v) is 12.6. The van der Waals surface area contributed by atoms with Crippen LogP contribution in [0.2, 0.25) is 0 Å². The number of rotatable bonds is 5. The van der Waals surface area contributed by atoms with Crippen molar-refractivity contribution in [2.45, 2.75) is 32.2 Å². The van der Waals surface area contributed by atoms with Crippen LogP contribution in [-0.2, 0) is 10.8 Å². The molecule has 0 radical (unpaired) electrons. The first-order chi connectivity index (χ1) is 9.18. The number of nitrogens with one attached hydrogen (secondary N) is 1. The third kappa shape index (κ3) is 4.05. The van der Waals surface area contributed by atoms with E-state index in [-0.39, 0.29) is 0 Å². The van der Waals surface area contributed by atoms with Crippen LogP contribution in [0.3, 0.4) is 0 Å². The van der Waals surface area contributed by atoms with Gasteiger partial charge in [-0.1, -0.05) is 18.2 Å². The van der Waals surface area contributed by atoms with Crippen molar-refractivity contribution in [2.24, 2.45) is 0 Å². The Morgan fingerprint density at radius 3 is 3.11 bits per heavy atom. The predicted octanol–water partition coefficient (Wildman–Crippen LogP) is 2.57. The van der Waals surface area contributed by atoms with Crippen LogP contribution in [0.1, 0.15) is 36.4 Å². The Morgan fingerprint density at radius 1 is 1.47 bits per heavy atom. The van der Waals surface area contributed by atoms with Crippen LogP contribution in [0.4, 0.5) is 0 Å². The molecule has 0 aliphatic carbocycles. The van der Waals surface area contributed by atoms with Crippen molar-refractivity contribution in [3.8, 4) is 5.75 Å². The van der Waals surface area contributed by atoms with E-state index < -0.39 is 10.8 Å². The molecule has 1 aromatic carbocycles. The number of benzene rings is 1. The van der Waals surface area contributed by atoms with Gasteiger partial charge in [0.1, 0.15) is 5.75 Å². The molecule has 4 heteroatoms. The van der Waals surface area contributed by atoms with Crippen LogP contribution in [0.5, 0.6) is 5.75 Å². The molecule has 0 aromatic heterocycles. The van der Waals surface area contributed by atoms with E-state index in [1.807, 2.05) is 0 Å². The highest BCUT2D eigenvalue weighted by Gasteiger charge is 2.20. The lowest BCUT2D eigenvalue weighted by molar-refractivity contribution is 0.313. The molecule has 106 valence electrons. The Labute approximate surface area is 118 Å². The third-order valence-electron chi connectivity index (χ3n) is 3.50. The molecule has 1 aliphatic rings. The predicted molar refractivity (Wildman–Crippen MR) is 80.2 cm³/mol. The zero-order valence-electron chi connectivity index (χ0n) is 11.8. The highest BCUT2D eigenvalue weighted by Crippen LogP contribution is 2.33. The van der Waals surface area contributed by atoms with Crippen LogP contribution in [0.25, 0.3) is 0 Å². The lowest BCUT2D eigenvalue weighted by Gasteiger charge is -2.19. The highest BCUT2D eigenvalue weighted by atomic mass is 32.2. The monoisotopic (exact) mass is 281 g/mol. The van der Waals surface area contributed by atoms with Gasteiger partial charge in [-0.3, -0.25) is 4.21 Å². The van der Waals surface area contributed by atoms with E-state index in [0.29, 0.717) is 6.04 Å². The van der Waals surface area contributed by atoms with Gasteiger partial charge < -0.3 is 10.1 Å². The van der Waals surface area contributed by atoms with Crippen molar-refractivity contribution >= 4 is 10.8 Å². The number of aryl methyl sites for hydroxylation is 1. The fraction of sp³-hybridized carbons (Fsp3) is 0.600. The summed E-state index contributed by atoms with van der Waals surface area (Å²) in [7, 11) is -0.689. The molecule has 0 saturated heterocycles. The van der Waals surface area contributed by atoms with Crippen LogP contribution in [-0.4, -0.2) is 29.4 Å². The molecule has 0 fully saturated rings. The summed E-state index contributed by atoms with van der Waals surface area (Å²) in [4.78, 5) is 0. The van der Waals surface area contributed by atoms with E-state index >= 15 is 0 Å². The van der Waals surface area contributed by atoms with E-state index in [9.17, 15) is 4.21 Å². The maximum Gasteiger partial charge on any atom is 0.126 e. The number of fused-ring (bicyclic) bond motifs is 1. The quantitative estimate of drug-likeness (QED) is 0.843. The average molecular weight is 281 g/mol. The molecule has 1 heterocycles. The van der Waals surface area contributed by atoms with Crippen LogP contribution >= 0.6 is 0 Å². The van der Waals surface area contributed by atoms with Gasteiger partial charge >= 0.3 is 0 Å². The van der Waals surface area contributed by atoms with Crippen LogP contribution in [0.15, 0.2) is 18.2 Å². The average Bonchev–Trinajstić information content (AvgIpc) is 2.58. The van der Waals surface area contributed by atoms with Crippen molar-refractivity contribution in [1.29, 1.82) is 0 Å². The zero-order chi connectivity index (χ0) is 13.7. The Balaban J connectivity index is 2.01. The first-order valence-electron chi connectivity index (χ1n) is 6.94. The molecule has 0 amide bonds. The highest BCUT2D eigenvalue weighted by molar-refractivity contribution is 7.84. The molecule has 1 aliphatic heterocycles. The number of hydrogen-bond donors (Lipinski definition) is 1. The van der Waals surface area contributed by atoms with Gasteiger partial charge in [0.15, 0.2) is 0 Å². The van der Waals surface area contributed by atoms with Gasteiger partial charge in [0.05, 0.1) is 6.61 Å². The van der Waals surface area contributed by atoms with E-state index in [2.05, 4.69) is 30.4 Å². The lowest BCUT2D eigenvalue weighted by atomic mass is 10.00. The molecular formula is C15H23NO2S. The van der Waals surface area contributed by atoms with Gasteiger partial charge in [-0.05, 0) is 38.3 Å². The van der Waals surface area contributed by atoms with Crippen molar-refractivity contribution in [3.05, 3.63) is 29.3 Å². The first kappa shape index (κ1) is 14.5. The third-order valence-corrected chi connectivity index (χ3v) is 4.36. The topological polar surface area (TPSA) is 38.3 Å². The fourth-order valence-electron chi connectivity index (χ4n) is 2.53. The van der Waals surface area contributed by atoms with Gasteiger partial charge in [-0.25, -0.2) is 0 Å². The summed E-state index contributed by atoms with van der Waals surface area (Å²) in [5.74, 6) is 1.83. The summed E-state index contributed by atoms with van der Waals surface area (Å²) in [6.45, 7) is 3.81. The second-order valence-corrected chi connectivity index (χ2v) is 6.68. The minimum absolute atomic E-state index is 0.364. The lowest BCUT2D eigenvalue weighted by Crippen LogP contribution is -2.23. The minimum atomic E-state index is -0.689. The summed E-state index contributed by atoms with van der Waals surface area (Å²) in [6, 6.07) is 6.71. The van der Waals surface area contributed by atoms with Gasteiger partial charge in [-0.15, -0.1) is 0 Å². The van der Waals surface area contributed by atoms with E-state index in [4.69, 9.17) is 4.74 Å². The second-order valence-electron chi connectivity index (χ2n) is 5.12. The van der Waals surface area contributed by atoms with Crippen molar-refractivity contribution in [3.63, 3.8) is 0 Å². The Kier molecular flexibility index (Phi) is 5.40. The summed E-state index contributed by atoms with van der Waals surface area (Å²) < 4.78 is 16.9. The molecule has 0 spiro atoms. The standard InChI is InChI=1S/C15H23NO2S/c1-12-6-3-7-13-14(8-4-10-18-15(12)13)16-9-5-11-19(2)17/h3,6-7,14,16H,4-5,8-11H2,1-2H3. The summed E-state index contributed by atoms with van der Waals surface area (Å²) >= 11 is 0. The molecule has 19 heavy (non-hydrogen) atoms. The van der Waals surface area contributed by atoms with Crippen LogP contribution < -0.4 is 10.1 Å². The molecular weight excluding hydrogens is 258 g/mol. The summed E-state index contributed by atoms with van der Waals surface area (Å²) in [5.41, 5.74) is 2.48. The number of hydrogen-bond acceptors (Lipinski definition) is 3. The smallest absolute Gasteiger partial charge is 0.126 e. The summed E-state index contributed by atoms with van der Waals surface area (Å²) in [5, 5.41) is 3.59. The Bertz CT molecular complexity index is 448. The van der Waals surface area contributed by atoms with E-state index in [1.165, 1.54) is 11.1 Å². The van der Waals surface area contributed by atoms with Crippen molar-refractivity contribution in [2.75, 3.05) is 25.2 Å². The van der Waals surface area contributed by atoms with Gasteiger partial charge in [0.25, 0.3) is 0 Å². The SMILES string of the molecule is Cc1cccc2c1OCCCC2NCCCS(C)=O. The van der Waals surface area contributed by atoms with E-state index in [1.54, 1.807) is 6.26 Å². The molecule has 0 saturated carbocycles. The number of para-hydroxylation sites is 1. The molecule has 1 N–H and O–H groups in total. The van der Waals surface area contributed by atoms with Gasteiger partial charge in [0.2, 0.25) is 0 Å². The largest absolute Gasteiger partial charge is 0.493 e. The van der Waals surface area contributed by atoms with Gasteiger partial charge in [-0.2, -0.15) is 0 Å². The van der Waals surface area contributed by atoms with E-state index in [0.717, 1.165) is 43.9 Å². The maximum atomic E-state index is 11.1. The Hall–Kier alpha value is -0.870. The molecule has 0 bridgehead atoms. The van der Waals surface area contributed by atoms with Gasteiger partial charge in [0, 0.05) is 34.4 Å². The first-order valence-corrected chi connectivity index (χ1v) is 8.67. The minimum Gasteiger partial charge on any atom is -0.493 e. The Morgan fingerprint density at radius 2 is 2.32 bits per heavy atom. The molecule has 2 atom stereocenters.